The Morgan fingerprint density at radius 3 is 2.22 bits per heavy atom. The van der Waals surface area contributed by atoms with Gasteiger partial charge in [-0.2, -0.15) is 0 Å². The maximum Gasteiger partial charge on any atom is 0.123 e. The second kappa shape index (κ2) is 4.65. The lowest BCUT2D eigenvalue weighted by Crippen LogP contribution is -2.29. The summed E-state index contributed by atoms with van der Waals surface area (Å²) in [4.78, 5) is 0. The van der Waals surface area contributed by atoms with Crippen molar-refractivity contribution in [2.45, 2.75) is 63.9 Å². The van der Waals surface area contributed by atoms with Crippen LogP contribution in [0.2, 0.25) is 0 Å². The van der Waals surface area contributed by atoms with Crippen molar-refractivity contribution in [2.24, 2.45) is 0 Å². The third-order valence-electron chi connectivity index (χ3n) is 3.98. The summed E-state index contributed by atoms with van der Waals surface area (Å²) in [5.41, 5.74) is 0.797. The van der Waals surface area contributed by atoms with Crippen LogP contribution in [0, 0.1) is 5.82 Å². The van der Waals surface area contributed by atoms with Crippen LogP contribution in [0.3, 0.4) is 0 Å². The summed E-state index contributed by atoms with van der Waals surface area (Å²) < 4.78 is 13.8. The second-order valence-corrected chi connectivity index (χ2v) is 6.57. The first-order valence-electron chi connectivity index (χ1n) is 6.85. The van der Waals surface area contributed by atoms with Gasteiger partial charge in [0.2, 0.25) is 0 Å². The Labute approximate surface area is 109 Å². The van der Waals surface area contributed by atoms with E-state index in [1.807, 2.05) is 6.07 Å². The van der Waals surface area contributed by atoms with Gasteiger partial charge in [0, 0.05) is 0 Å². The standard InChI is InChI=1S/C16H23FO/c1-15(2,3)12-9-13(11-14(17)10-12)16(18)7-5-4-6-8-16/h9-11,18H,4-8H2,1-3H3. The van der Waals surface area contributed by atoms with Crippen molar-refractivity contribution in [3.63, 3.8) is 0 Å². The van der Waals surface area contributed by atoms with E-state index in [0.717, 1.165) is 36.8 Å². The van der Waals surface area contributed by atoms with Gasteiger partial charge in [0.05, 0.1) is 5.60 Å². The highest BCUT2D eigenvalue weighted by molar-refractivity contribution is 5.33. The summed E-state index contributed by atoms with van der Waals surface area (Å²) in [5, 5.41) is 10.7. The molecule has 1 fully saturated rings. The van der Waals surface area contributed by atoms with Crippen LogP contribution in [-0.4, -0.2) is 5.11 Å². The fourth-order valence-electron chi connectivity index (χ4n) is 2.72. The fraction of sp³-hybridized carbons (Fsp3) is 0.625. The SMILES string of the molecule is CC(C)(C)c1cc(F)cc(C2(O)CCCCC2)c1. The van der Waals surface area contributed by atoms with E-state index in [-0.39, 0.29) is 11.2 Å². The molecule has 18 heavy (non-hydrogen) atoms. The van der Waals surface area contributed by atoms with Gasteiger partial charge in [-0.15, -0.1) is 0 Å². The monoisotopic (exact) mass is 250 g/mol. The van der Waals surface area contributed by atoms with Crippen LogP contribution >= 0.6 is 0 Å². The van der Waals surface area contributed by atoms with Gasteiger partial charge in [0.25, 0.3) is 0 Å². The molecule has 1 aliphatic rings. The van der Waals surface area contributed by atoms with Gasteiger partial charge in [-0.05, 0) is 41.5 Å². The number of benzene rings is 1. The van der Waals surface area contributed by atoms with Crippen LogP contribution in [0.1, 0.15) is 64.0 Å². The fourth-order valence-corrected chi connectivity index (χ4v) is 2.72. The number of halogens is 1. The number of hydrogen-bond donors (Lipinski definition) is 1. The Morgan fingerprint density at radius 2 is 1.67 bits per heavy atom. The molecule has 0 amide bonds. The van der Waals surface area contributed by atoms with Crippen molar-refractivity contribution in [1.29, 1.82) is 0 Å². The quantitative estimate of drug-likeness (QED) is 0.789. The lowest BCUT2D eigenvalue weighted by molar-refractivity contribution is -0.000999. The van der Waals surface area contributed by atoms with Crippen molar-refractivity contribution in [3.8, 4) is 0 Å². The molecule has 0 bridgehead atoms. The average Bonchev–Trinajstić information content (AvgIpc) is 2.28. The van der Waals surface area contributed by atoms with Crippen molar-refractivity contribution in [1.82, 2.24) is 0 Å². The molecule has 1 nitrogen and oxygen atoms in total. The van der Waals surface area contributed by atoms with E-state index in [0.29, 0.717) is 0 Å². The molecule has 2 rings (SSSR count). The molecule has 1 aliphatic carbocycles. The zero-order valence-electron chi connectivity index (χ0n) is 11.6. The maximum absolute atomic E-state index is 13.8. The average molecular weight is 250 g/mol. The molecule has 0 saturated heterocycles. The van der Waals surface area contributed by atoms with E-state index in [2.05, 4.69) is 20.8 Å². The lowest BCUT2D eigenvalue weighted by atomic mass is 9.77. The van der Waals surface area contributed by atoms with Crippen LogP contribution in [-0.2, 0) is 11.0 Å². The minimum Gasteiger partial charge on any atom is -0.385 e. The first-order chi connectivity index (χ1) is 8.31. The zero-order valence-corrected chi connectivity index (χ0v) is 11.6. The lowest BCUT2D eigenvalue weighted by Gasteiger charge is -2.33. The summed E-state index contributed by atoms with van der Waals surface area (Å²) >= 11 is 0. The van der Waals surface area contributed by atoms with Crippen molar-refractivity contribution < 1.29 is 9.50 Å². The molecular weight excluding hydrogens is 227 g/mol. The Hall–Kier alpha value is -0.890. The molecule has 1 saturated carbocycles. The van der Waals surface area contributed by atoms with Gasteiger partial charge < -0.3 is 5.11 Å². The van der Waals surface area contributed by atoms with E-state index < -0.39 is 5.60 Å². The Morgan fingerprint density at radius 1 is 1.06 bits per heavy atom. The number of aliphatic hydroxyl groups is 1. The van der Waals surface area contributed by atoms with Crippen LogP contribution in [0.15, 0.2) is 18.2 Å². The molecule has 0 aliphatic heterocycles. The predicted octanol–water partition coefficient (Wildman–Crippen LogP) is 4.27. The minimum absolute atomic E-state index is 0.0954. The van der Waals surface area contributed by atoms with Gasteiger partial charge in [-0.3, -0.25) is 0 Å². The van der Waals surface area contributed by atoms with Crippen LogP contribution < -0.4 is 0 Å². The molecule has 0 unspecified atom stereocenters. The van der Waals surface area contributed by atoms with Crippen LogP contribution in [0.5, 0.6) is 0 Å². The molecule has 0 heterocycles. The van der Waals surface area contributed by atoms with E-state index in [1.54, 1.807) is 6.07 Å². The van der Waals surface area contributed by atoms with Gasteiger partial charge in [-0.1, -0.05) is 46.1 Å². The zero-order chi connectivity index (χ0) is 13.4. The van der Waals surface area contributed by atoms with Gasteiger partial charge in [0.1, 0.15) is 5.82 Å². The van der Waals surface area contributed by atoms with Crippen LogP contribution in [0.4, 0.5) is 4.39 Å². The van der Waals surface area contributed by atoms with E-state index in [9.17, 15) is 9.50 Å². The predicted molar refractivity (Wildman–Crippen MR) is 72.1 cm³/mol. The highest BCUT2D eigenvalue weighted by atomic mass is 19.1. The molecule has 0 spiro atoms. The topological polar surface area (TPSA) is 20.2 Å². The smallest absolute Gasteiger partial charge is 0.123 e. The normalized spacial score (nSPS) is 19.8. The molecule has 100 valence electrons. The van der Waals surface area contributed by atoms with Gasteiger partial charge in [-0.25, -0.2) is 4.39 Å². The van der Waals surface area contributed by atoms with E-state index in [4.69, 9.17) is 0 Å². The Bertz CT molecular complexity index is 425. The summed E-state index contributed by atoms with van der Waals surface area (Å²) in [6, 6.07) is 5.06. The molecule has 0 aromatic heterocycles. The van der Waals surface area contributed by atoms with E-state index >= 15 is 0 Å². The highest BCUT2D eigenvalue weighted by Gasteiger charge is 2.32. The summed E-state index contributed by atoms with van der Waals surface area (Å²) in [6.45, 7) is 6.20. The minimum atomic E-state index is -0.819. The van der Waals surface area contributed by atoms with E-state index in [1.165, 1.54) is 12.5 Å². The van der Waals surface area contributed by atoms with Crippen LogP contribution in [0.25, 0.3) is 0 Å². The summed E-state index contributed by atoms with van der Waals surface area (Å²) in [7, 11) is 0. The second-order valence-electron chi connectivity index (χ2n) is 6.57. The molecule has 1 N–H and O–H groups in total. The first kappa shape index (κ1) is 13.5. The summed E-state index contributed by atoms with van der Waals surface area (Å²) in [6.07, 6.45) is 4.72. The molecule has 1 aromatic carbocycles. The molecule has 0 radical (unpaired) electrons. The first-order valence-corrected chi connectivity index (χ1v) is 6.85. The largest absolute Gasteiger partial charge is 0.385 e. The van der Waals surface area contributed by atoms with Crippen molar-refractivity contribution in [2.75, 3.05) is 0 Å². The number of hydrogen-bond acceptors (Lipinski definition) is 1. The molecular formula is C16H23FO. The molecule has 2 heteroatoms. The highest BCUT2D eigenvalue weighted by Crippen LogP contribution is 2.38. The third-order valence-corrected chi connectivity index (χ3v) is 3.98. The molecule has 0 atom stereocenters. The maximum atomic E-state index is 13.8. The van der Waals surface area contributed by atoms with Crippen molar-refractivity contribution in [3.05, 3.63) is 35.1 Å². The van der Waals surface area contributed by atoms with Gasteiger partial charge >= 0.3 is 0 Å². The summed E-state index contributed by atoms with van der Waals surface area (Å²) in [5.74, 6) is -0.239. The Kier molecular flexibility index (Phi) is 3.50. The van der Waals surface area contributed by atoms with Crippen molar-refractivity contribution >= 4 is 0 Å². The number of rotatable bonds is 1. The third kappa shape index (κ3) is 2.74. The Balaban J connectivity index is 2.41. The van der Waals surface area contributed by atoms with Gasteiger partial charge in [0.15, 0.2) is 0 Å². The molecule has 1 aromatic rings.